The van der Waals surface area contributed by atoms with Crippen LogP contribution in [0.25, 0.3) is 6.08 Å². The Balaban J connectivity index is 1.99. The molecule has 0 aliphatic carbocycles. The van der Waals surface area contributed by atoms with Crippen LogP contribution < -0.4 is 10.2 Å². The molecule has 6 heteroatoms. The van der Waals surface area contributed by atoms with Crippen molar-refractivity contribution in [3.05, 3.63) is 47.5 Å². The van der Waals surface area contributed by atoms with Crippen molar-refractivity contribution in [3.63, 3.8) is 0 Å². The van der Waals surface area contributed by atoms with Gasteiger partial charge in [0.15, 0.2) is 5.89 Å². The average Bonchev–Trinajstić information content (AvgIpc) is 2.87. The predicted octanol–water partition coefficient (Wildman–Crippen LogP) is 2.97. The second kappa shape index (κ2) is 6.91. The summed E-state index contributed by atoms with van der Waals surface area (Å²) in [6.45, 7) is 1.66. The molecular weight excluding hydrogens is 268 g/mol. The van der Waals surface area contributed by atoms with Crippen LogP contribution in [0, 0.1) is 18.3 Å². The van der Waals surface area contributed by atoms with Crippen molar-refractivity contribution in [1.82, 2.24) is 4.98 Å². The molecule has 0 unspecified atom stereocenters. The van der Waals surface area contributed by atoms with Crippen molar-refractivity contribution in [1.29, 1.82) is 5.26 Å². The van der Waals surface area contributed by atoms with E-state index in [4.69, 9.17) is 14.4 Å². The summed E-state index contributed by atoms with van der Waals surface area (Å²) in [6.07, 6.45) is 5.16. The van der Waals surface area contributed by atoms with E-state index in [9.17, 15) is 0 Å². The first-order valence-electron chi connectivity index (χ1n) is 6.21. The lowest BCUT2D eigenvalue weighted by atomic mass is 10.2. The summed E-state index contributed by atoms with van der Waals surface area (Å²) in [6, 6.07) is 9.57. The van der Waals surface area contributed by atoms with Gasteiger partial charge in [-0.15, -0.1) is 0 Å². The van der Waals surface area contributed by atoms with Gasteiger partial charge in [-0.1, -0.05) is 18.2 Å². The Labute approximate surface area is 122 Å². The number of hydrazone groups is 1. The number of aryl methyl sites for hydroxylation is 1. The highest BCUT2D eigenvalue weighted by molar-refractivity contribution is 5.79. The largest absolute Gasteiger partial charge is 0.496 e. The molecular formula is C15H14N4O2. The number of benzene rings is 1. The molecule has 2 aromatic rings. The lowest BCUT2D eigenvalue weighted by Crippen LogP contribution is -1.89. The van der Waals surface area contributed by atoms with Crippen LogP contribution in [0.5, 0.6) is 5.75 Å². The van der Waals surface area contributed by atoms with Crippen LogP contribution in [0.2, 0.25) is 0 Å². The molecule has 1 aromatic heterocycles. The fourth-order valence-electron chi connectivity index (χ4n) is 1.67. The second-order valence-electron chi connectivity index (χ2n) is 4.01. The summed E-state index contributed by atoms with van der Waals surface area (Å²) >= 11 is 0. The van der Waals surface area contributed by atoms with Crippen molar-refractivity contribution in [2.24, 2.45) is 5.10 Å². The topological polar surface area (TPSA) is 83.4 Å². The van der Waals surface area contributed by atoms with Gasteiger partial charge in [-0.3, -0.25) is 0 Å². The van der Waals surface area contributed by atoms with E-state index in [2.05, 4.69) is 15.5 Å². The second-order valence-corrected chi connectivity index (χ2v) is 4.01. The number of para-hydroxylation sites is 1. The zero-order chi connectivity index (χ0) is 15.1. The average molecular weight is 282 g/mol. The van der Waals surface area contributed by atoms with E-state index in [0.717, 1.165) is 11.3 Å². The Kier molecular flexibility index (Phi) is 4.72. The Morgan fingerprint density at radius 1 is 1.43 bits per heavy atom. The molecule has 0 saturated carbocycles. The van der Waals surface area contributed by atoms with E-state index < -0.39 is 0 Å². The first kappa shape index (κ1) is 14.3. The van der Waals surface area contributed by atoms with Gasteiger partial charge >= 0.3 is 0 Å². The van der Waals surface area contributed by atoms with Crippen LogP contribution in [-0.2, 0) is 0 Å². The lowest BCUT2D eigenvalue weighted by Gasteiger charge is -2.02. The number of hydrogen-bond donors (Lipinski definition) is 1. The Hall–Kier alpha value is -3.07. The SMILES string of the molecule is COc1ccccc1/C=C/C=N/Nc1oc(C)nc1C#N. The molecule has 0 spiro atoms. The number of anilines is 1. The molecule has 0 amide bonds. The summed E-state index contributed by atoms with van der Waals surface area (Å²) in [5, 5.41) is 12.8. The first-order chi connectivity index (χ1) is 10.2. The molecule has 0 saturated heterocycles. The van der Waals surface area contributed by atoms with Crippen LogP contribution >= 0.6 is 0 Å². The van der Waals surface area contributed by atoms with Gasteiger partial charge in [-0.2, -0.15) is 10.4 Å². The summed E-state index contributed by atoms with van der Waals surface area (Å²) < 4.78 is 10.4. The zero-order valence-electron chi connectivity index (χ0n) is 11.7. The number of allylic oxidation sites excluding steroid dienone is 1. The number of ether oxygens (including phenoxy) is 1. The van der Waals surface area contributed by atoms with E-state index in [-0.39, 0.29) is 11.6 Å². The van der Waals surface area contributed by atoms with Gasteiger partial charge in [-0.25, -0.2) is 10.4 Å². The summed E-state index contributed by atoms with van der Waals surface area (Å²) in [5.41, 5.74) is 3.76. The molecule has 0 aliphatic rings. The molecule has 0 bridgehead atoms. The van der Waals surface area contributed by atoms with E-state index in [0.29, 0.717) is 5.89 Å². The van der Waals surface area contributed by atoms with Gasteiger partial charge in [0.05, 0.1) is 7.11 Å². The lowest BCUT2D eigenvalue weighted by molar-refractivity contribution is 0.414. The van der Waals surface area contributed by atoms with E-state index in [1.54, 1.807) is 26.3 Å². The van der Waals surface area contributed by atoms with E-state index >= 15 is 0 Å². The molecule has 1 heterocycles. The number of nitrogens with one attached hydrogen (secondary N) is 1. The summed E-state index contributed by atoms with van der Waals surface area (Å²) in [7, 11) is 1.62. The third-order valence-electron chi connectivity index (χ3n) is 2.58. The fourth-order valence-corrected chi connectivity index (χ4v) is 1.67. The predicted molar refractivity (Wildman–Crippen MR) is 80.1 cm³/mol. The first-order valence-corrected chi connectivity index (χ1v) is 6.21. The highest BCUT2D eigenvalue weighted by Crippen LogP contribution is 2.18. The smallest absolute Gasteiger partial charge is 0.252 e. The van der Waals surface area contributed by atoms with Crippen molar-refractivity contribution < 1.29 is 9.15 Å². The Morgan fingerprint density at radius 2 is 2.24 bits per heavy atom. The number of aromatic nitrogens is 1. The molecule has 2 rings (SSSR count). The van der Waals surface area contributed by atoms with Crippen LogP contribution in [0.15, 0.2) is 39.9 Å². The van der Waals surface area contributed by atoms with Crippen molar-refractivity contribution in [2.75, 3.05) is 12.5 Å². The monoisotopic (exact) mass is 282 g/mol. The molecule has 1 aromatic carbocycles. The van der Waals surface area contributed by atoms with Crippen molar-refractivity contribution in [2.45, 2.75) is 6.92 Å². The minimum Gasteiger partial charge on any atom is -0.496 e. The molecule has 1 N–H and O–H groups in total. The van der Waals surface area contributed by atoms with Crippen LogP contribution in [-0.4, -0.2) is 18.3 Å². The maximum atomic E-state index is 8.85. The molecule has 6 nitrogen and oxygen atoms in total. The maximum Gasteiger partial charge on any atom is 0.252 e. The highest BCUT2D eigenvalue weighted by atomic mass is 16.5. The molecule has 0 aliphatic heterocycles. The van der Waals surface area contributed by atoms with E-state index in [1.165, 1.54) is 0 Å². The molecule has 0 atom stereocenters. The number of oxazole rings is 1. The van der Waals surface area contributed by atoms with Crippen LogP contribution in [0.4, 0.5) is 5.88 Å². The quantitative estimate of drug-likeness (QED) is 0.673. The fraction of sp³-hybridized carbons (Fsp3) is 0.133. The Bertz CT molecular complexity index is 711. The number of hydrogen-bond acceptors (Lipinski definition) is 6. The summed E-state index contributed by atoms with van der Waals surface area (Å²) in [4.78, 5) is 3.90. The standard InChI is InChI=1S/C15H14N4O2/c1-11-18-13(10-16)15(21-11)19-17-9-5-7-12-6-3-4-8-14(12)20-2/h3-9,19H,1-2H3/b7-5+,17-9+. The third-order valence-corrected chi connectivity index (χ3v) is 2.58. The minimum absolute atomic E-state index is 0.179. The molecule has 0 radical (unpaired) electrons. The number of methoxy groups -OCH3 is 1. The van der Waals surface area contributed by atoms with Gasteiger partial charge in [0.25, 0.3) is 5.88 Å². The third kappa shape index (κ3) is 3.70. The van der Waals surface area contributed by atoms with Crippen molar-refractivity contribution >= 4 is 18.2 Å². The van der Waals surface area contributed by atoms with Gasteiger partial charge in [0.1, 0.15) is 11.8 Å². The maximum absolute atomic E-state index is 8.85. The molecule has 106 valence electrons. The number of nitrogens with zero attached hydrogens (tertiary/aromatic N) is 3. The van der Waals surface area contributed by atoms with E-state index in [1.807, 2.05) is 36.4 Å². The number of nitriles is 1. The highest BCUT2D eigenvalue weighted by Gasteiger charge is 2.08. The van der Waals surface area contributed by atoms with Crippen LogP contribution in [0.1, 0.15) is 17.1 Å². The molecule has 21 heavy (non-hydrogen) atoms. The van der Waals surface area contributed by atoms with Gasteiger partial charge < -0.3 is 9.15 Å². The number of rotatable bonds is 5. The minimum atomic E-state index is 0.179. The van der Waals surface area contributed by atoms with Gasteiger partial charge in [0, 0.05) is 18.7 Å². The normalized spacial score (nSPS) is 10.9. The van der Waals surface area contributed by atoms with Crippen LogP contribution in [0.3, 0.4) is 0 Å². The van der Waals surface area contributed by atoms with Crippen molar-refractivity contribution in [3.8, 4) is 11.8 Å². The zero-order valence-corrected chi connectivity index (χ0v) is 11.7. The van der Waals surface area contributed by atoms with Gasteiger partial charge in [-0.05, 0) is 18.2 Å². The Morgan fingerprint density at radius 3 is 3.00 bits per heavy atom. The van der Waals surface area contributed by atoms with Gasteiger partial charge in [0.2, 0.25) is 5.69 Å². The molecule has 0 fully saturated rings. The summed E-state index contributed by atoms with van der Waals surface area (Å²) in [5.74, 6) is 1.43.